The molecule has 0 fully saturated rings. The van der Waals surface area contributed by atoms with E-state index in [9.17, 15) is 13.2 Å². The first-order valence-corrected chi connectivity index (χ1v) is 10.9. The lowest BCUT2D eigenvalue weighted by Crippen LogP contribution is -2.30. The monoisotopic (exact) mass is 420 g/mol. The van der Waals surface area contributed by atoms with Gasteiger partial charge in [-0.3, -0.25) is 4.79 Å². The molecule has 1 N–H and O–H groups in total. The van der Waals surface area contributed by atoms with E-state index in [-0.39, 0.29) is 17.2 Å². The standard InChI is InChI=1S/C21H28N2O5S/c1-5-23(6-2)29(25,26)18-9-7-8-17(15-18)22-21(24)13-11-16-10-12-19(27-3)20(14-16)28-4/h7-10,12,14-15H,5-6,11,13H2,1-4H3,(H,22,24). The van der Waals surface area contributed by atoms with E-state index in [1.807, 2.05) is 12.1 Å². The van der Waals surface area contributed by atoms with Gasteiger partial charge in [0, 0.05) is 25.2 Å². The van der Waals surface area contributed by atoms with Crippen LogP contribution in [0.1, 0.15) is 25.8 Å². The van der Waals surface area contributed by atoms with Crippen LogP contribution in [0.2, 0.25) is 0 Å². The molecule has 8 heteroatoms. The maximum atomic E-state index is 12.6. The van der Waals surface area contributed by atoms with Gasteiger partial charge in [0.1, 0.15) is 0 Å². The normalized spacial score (nSPS) is 11.3. The van der Waals surface area contributed by atoms with Crippen LogP contribution in [0.5, 0.6) is 11.5 Å². The van der Waals surface area contributed by atoms with Crippen molar-refractivity contribution >= 4 is 21.6 Å². The van der Waals surface area contributed by atoms with Crippen LogP contribution in [-0.4, -0.2) is 45.9 Å². The van der Waals surface area contributed by atoms with Crippen molar-refractivity contribution in [2.24, 2.45) is 0 Å². The summed E-state index contributed by atoms with van der Waals surface area (Å²) < 4.78 is 37.2. The van der Waals surface area contributed by atoms with Crippen LogP contribution < -0.4 is 14.8 Å². The molecule has 0 aliphatic rings. The summed E-state index contributed by atoms with van der Waals surface area (Å²) in [6.07, 6.45) is 0.770. The number of hydrogen-bond donors (Lipinski definition) is 1. The van der Waals surface area contributed by atoms with Crippen molar-refractivity contribution in [3.8, 4) is 11.5 Å². The highest BCUT2D eigenvalue weighted by atomic mass is 32.2. The number of methoxy groups -OCH3 is 2. The third kappa shape index (κ3) is 5.71. The Morgan fingerprint density at radius 2 is 1.69 bits per heavy atom. The van der Waals surface area contributed by atoms with E-state index in [0.717, 1.165) is 5.56 Å². The molecule has 29 heavy (non-hydrogen) atoms. The summed E-state index contributed by atoms with van der Waals surface area (Å²) in [6.45, 7) is 4.36. The molecule has 2 aromatic carbocycles. The topological polar surface area (TPSA) is 84.9 Å². The average molecular weight is 421 g/mol. The van der Waals surface area contributed by atoms with Gasteiger partial charge in [0.25, 0.3) is 0 Å². The Morgan fingerprint density at radius 3 is 2.31 bits per heavy atom. The zero-order chi connectivity index (χ0) is 21.4. The molecule has 0 saturated carbocycles. The number of sulfonamides is 1. The van der Waals surface area contributed by atoms with Crippen molar-refractivity contribution in [2.75, 3.05) is 32.6 Å². The minimum absolute atomic E-state index is 0.166. The number of nitrogens with one attached hydrogen (secondary N) is 1. The van der Waals surface area contributed by atoms with E-state index in [2.05, 4.69) is 5.32 Å². The molecule has 0 radical (unpaired) electrons. The Labute approximate surface area is 172 Å². The highest BCUT2D eigenvalue weighted by Gasteiger charge is 2.21. The molecule has 0 unspecified atom stereocenters. The molecular weight excluding hydrogens is 392 g/mol. The Bertz CT molecular complexity index is 940. The summed E-state index contributed by atoms with van der Waals surface area (Å²) in [5, 5.41) is 2.77. The van der Waals surface area contributed by atoms with E-state index in [4.69, 9.17) is 9.47 Å². The van der Waals surface area contributed by atoms with Gasteiger partial charge in [0.2, 0.25) is 15.9 Å². The summed E-state index contributed by atoms with van der Waals surface area (Å²) in [5.41, 5.74) is 1.39. The van der Waals surface area contributed by atoms with Crippen LogP contribution in [0.4, 0.5) is 5.69 Å². The summed E-state index contributed by atoms with van der Waals surface area (Å²) in [4.78, 5) is 12.5. The summed E-state index contributed by atoms with van der Waals surface area (Å²) in [5.74, 6) is 1.05. The van der Waals surface area contributed by atoms with Gasteiger partial charge in [-0.2, -0.15) is 4.31 Å². The van der Waals surface area contributed by atoms with E-state index < -0.39 is 10.0 Å². The SMILES string of the molecule is CCN(CC)S(=O)(=O)c1cccc(NC(=O)CCc2ccc(OC)c(OC)c2)c1. The van der Waals surface area contributed by atoms with Crippen molar-refractivity contribution in [3.05, 3.63) is 48.0 Å². The van der Waals surface area contributed by atoms with Crippen molar-refractivity contribution in [1.29, 1.82) is 0 Å². The van der Waals surface area contributed by atoms with Crippen LogP contribution in [0.3, 0.4) is 0 Å². The third-order valence-electron chi connectivity index (χ3n) is 4.55. The lowest BCUT2D eigenvalue weighted by Gasteiger charge is -2.18. The molecule has 2 aromatic rings. The van der Waals surface area contributed by atoms with Crippen LogP contribution in [0, 0.1) is 0 Å². The van der Waals surface area contributed by atoms with Gasteiger partial charge >= 0.3 is 0 Å². The zero-order valence-electron chi connectivity index (χ0n) is 17.3. The maximum Gasteiger partial charge on any atom is 0.243 e. The molecule has 0 atom stereocenters. The molecule has 0 aliphatic carbocycles. The number of rotatable bonds is 10. The smallest absolute Gasteiger partial charge is 0.243 e. The number of nitrogens with zero attached hydrogens (tertiary/aromatic N) is 1. The van der Waals surface area contributed by atoms with Gasteiger partial charge in [-0.1, -0.05) is 26.0 Å². The third-order valence-corrected chi connectivity index (χ3v) is 6.60. The molecule has 158 valence electrons. The Kier molecular flexibility index (Phi) is 8.04. The molecule has 0 aliphatic heterocycles. The van der Waals surface area contributed by atoms with Gasteiger partial charge in [-0.05, 0) is 42.3 Å². The van der Waals surface area contributed by atoms with E-state index in [1.54, 1.807) is 46.3 Å². The van der Waals surface area contributed by atoms with Crippen LogP contribution in [0.15, 0.2) is 47.4 Å². The van der Waals surface area contributed by atoms with E-state index >= 15 is 0 Å². The number of carbonyl (C=O) groups excluding carboxylic acids is 1. The van der Waals surface area contributed by atoms with Crippen molar-refractivity contribution in [1.82, 2.24) is 4.31 Å². The maximum absolute atomic E-state index is 12.6. The predicted molar refractivity (Wildman–Crippen MR) is 113 cm³/mol. The van der Waals surface area contributed by atoms with Gasteiger partial charge in [-0.25, -0.2) is 8.42 Å². The Morgan fingerprint density at radius 1 is 1.00 bits per heavy atom. The molecule has 0 spiro atoms. The fourth-order valence-electron chi connectivity index (χ4n) is 2.96. The number of aryl methyl sites for hydroxylation is 1. The fourth-order valence-corrected chi connectivity index (χ4v) is 4.47. The number of ether oxygens (including phenoxy) is 2. The predicted octanol–water partition coefficient (Wildman–Crippen LogP) is 3.31. The Balaban J connectivity index is 2.05. The lowest BCUT2D eigenvalue weighted by molar-refractivity contribution is -0.116. The van der Waals surface area contributed by atoms with Crippen molar-refractivity contribution < 1.29 is 22.7 Å². The summed E-state index contributed by atoms with van der Waals surface area (Å²) in [6, 6.07) is 11.8. The highest BCUT2D eigenvalue weighted by molar-refractivity contribution is 7.89. The first kappa shape index (κ1) is 22.7. The molecular formula is C21H28N2O5S. The van der Waals surface area contributed by atoms with Gasteiger partial charge < -0.3 is 14.8 Å². The van der Waals surface area contributed by atoms with E-state index in [1.165, 1.54) is 16.4 Å². The second-order valence-electron chi connectivity index (χ2n) is 6.35. The quantitative estimate of drug-likeness (QED) is 0.637. The minimum atomic E-state index is -3.57. The first-order valence-electron chi connectivity index (χ1n) is 9.46. The number of hydrogen-bond acceptors (Lipinski definition) is 5. The molecule has 1 amide bonds. The van der Waals surface area contributed by atoms with Gasteiger partial charge in [0.15, 0.2) is 11.5 Å². The minimum Gasteiger partial charge on any atom is -0.493 e. The van der Waals surface area contributed by atoms with Gasteiger partial charge in [0.05, 0.1) is 19.1 Å². The summed E-state index contributed by atoms with van der Waals surface area (Å²) >= 11 is 0. The largest absolute Gasteiger partial charge is 0.493 e. The van der Waals surface area contributed by atoms with Crippen LogP contribution in [0.25, 0.3) is 0 Å². The first-order chi connectivity index (χ1) is 13.8. The second-order valence-corrected chi connectivity index (χ2v) is 8.29. The van der Waals surface area contributed by atoms with Crippen LogP contribution in [-0.2, 0) is 21.2 Å². The number of amides is 1. The molecule has 0 bridgehead atoms. The fraction of sp³-hybridized carbons (Fsp3) is 0.381. The molecule has 2 rings (SSSR count). The Hall–Kier alpha value is -2.58. The van der Waals surface area contributed by atoms with Crippen LogP contribution >= 0.6 is 0 Å². The van der Waals surface area contributed by atoms with Crippen molar-refractivity contribution in [3.63, 3.8) is 0 Å². The molecule has 0 aromatic heterocycles. The number of anilines is 1. The second kappa shape index (κ2) is 10.3. The molecule has 0 heterocycles. The van der Waals surface area contributed by atoms with E-state index in [0.29, 0.717) is 36.7 Å². The highest BCUT2D eigenvalue weighted by Crippen LogP contribution is 2.28. The van der Waals surface area contributed by atoms with Crippen molar-refractivity contribution in [2.45, 2.75) is 31.6 Å². The number of benzene rings is 2. The molecule has 0 saturated heterocycles. The van der Waals surface area contributed by atoms with Gasteiger partial charge in [-0.15, -0.1) is 0 Å². The average Bonchev–Trinajstić information content (AvgIpc) is 2.72. The zero-order valence-corrected chi connectivity index (χ0v) is 18.1. The summed E-state index contributed by atoms with van der Waals surface area (Å²) in [7, 11) is -0.441. The lowest BCUT2D eigenvalue weighted by atomic mass is 10.1. The molecule has 7 nitrogen and oxygen atoms in total. The number of carbonyl (C=O) groups is 1.